The van der Waals surface area contributed by atoms with Gasteiger partial charge >= 0.3 is 0 Å². The summed E-state index contributed by atoms with van der Waals surface area (Å²) in [6.07, 6.45) is 2.04. The Labute approximate surface area is 186 Å². The molecular formula is C22H20FN3O3S2. The van der Waals surface area contributed by atoms with Crippen molar-refractivity contribution < 1.29 is 13.9 Å². The van der Waals surface area contributed by atoms with Crippen LogP contribution < -0.4 is 10.3 Å². The Morgan fingerprint density at radius 3 is 2.77 bits per heavy atom. The molecule has 0 radical (unpaired) electrons. The number of likely N-dealkylation sites (N-methyl/N-ethyl adjacent to an activating group) is 1. The molecule has 0 unspecified atom stereocenters. The van der Waals surface area contributed by atoms with E-state index in [1.807, 2.05) is 22.9 Å². The quantitative estimate of drug-likeness (QED) is 0.371. The van der Waals surface area contributed by atoms with Crippen LogP contribution in [0, 0.1) is 5.82 Å². The van der Waals surface area contributed by atoms with Crippen LogP contribution in [-0.2, 0) is 11.3 Å². The van der Waals surface area contributed by atoms with Crippen molar-refractivity contribution in [2.45, 2.75) is 13.0 Å². The zero-order chi connectivity index (χ0) is 21.8. The Bertz CT molecular complexity index is 1230. The molecule has 0 saturated carbocycles. The van der Waals surface area contributed by atoms with E-state index in [2.05, 4.69) is 4.98 Å². The van der Waals surface area contributed by atoms with Gasteiger partial charge in [0.25, 0.3) is 5.56 Å². The summed E-state index contributed by atoms with van der Waals surface area (Å²) in [7, 11) is 1.69. The molecule has 4 rings (SSSR count). The summed E-state index contributed by atoms with van der Waals surface area (Å²) < 4.78 is 19.8. The molecule has 1 aromatic carbocycles. The lowest BCUT2D eigenvalue weighted by Crippen LogP contribution is -2.35. The van der Waals surface area contributed by atoms with E-state index in [4.69, 9.17) is 4.74 Å². The number of halogens is 1. The van der Waals surface area contributed by atoms with E-state index >= 15 is 0 Å². The standard InChI is InChI=1S/C22H20FN3O3S2/c1-25(9-3-10-29-16-7-5-15(23)6-8-16)19(27)12-26-14-24-21-20(22(26)28)17(13-31-21)18-4-2-11-30-18/h2,4-8,11,13-14H,3,9-10,12H2,1H3. The Morgan fingerprint density at radius 2 is 2.03 bits per heavy atom. The lowest BCUT2D eigenvalue weighted by Gasteiger charge is -2.18. The Morgan fingerprint density at radius 1 is 1.23 bits per heavy atom. The largest absolute Gasteiger partial charge is 0.494 e. The fourth-order valence-electron chi connectivity index (χ4n) is 3.11. The van der Waals surface area contributed by atoms with Crippen LogP contribution in [0.25, 0.3) is 20.7 Å². The molecule has 0 spiro atoms. The predicted molar refractivity (Wildman–Crippen MR) is 121 cm³/mol. The molecule has 0 fully saturated rings. The highest BCUT2D eigenvalue weighted by molar-refractivity contribution is 7.18. The first kappa shape index (κ1) is 21.2. The first-order valence-corrected chi connectivity index (χ1v) is 11.4. The molecule has 0 saturated heterocycles. The van der Waals surface area contributed by atoms with Crippen LogP contribution in [-0.4, -0.2) is 40.6 Å². The second kappa shape index (κ2) is 9.40. The highest BCUT2D eigenvalue weighted by Crippen LogP contribution is 2.33. The molecule has 3 aromatic heterocycles. The number of rotatable bonds is 8. The summed E-state index contributed by atoms with van der Waals surface area (Å²) in [6, 6.07) is 9.71. The van der Waals surface area contributed by atoms with Gasteiger partial charge in [-0.25, -0.2) is 9.37 Å². The van der Waals surface area contributed by atoms with E-state index < -0.39 is 0 Å². The number of carbonyl (C=O) groups excluding carboxylic acids is 1. The minimum absolute atomic E-state index is 0.0726. The van der Waals surface area contributed by atoms with Crippen molar-refractivity contribution in [1.82, 2.24) is 14.5 Å². The molecule has 4 aromatic rings. The Balaban J connectivity index is 1.37. The molecule has 1 amide bonds. The van der Waals surface area contributed by atoms with Crippen molar-refractivity contribution >= 4 is 38.8 Å². The molecule has 160 valence electrons. The molecule has 3 heterocycles. The minimum atomic E-state index is -0.314. The number of amides is 1. The normalized spacial score (nSPS) is 11.0. The van der Waals surface area contributed by atoms with Crippen molar-refractivity contribution in [3.63, 3.8) is 0 Å². The molecule has 31 heavy (non-hydrogen) atoms. The fourth-order valence-corrected chi connectivity index (χ4v) is 4.83. The maximum Gasteiger partial charge on any atom is 0.263 e. The van der Waals surface area contributed by atoms with Gasteiger partial charge < -0.3 is 9.64 Å². The molecule has 9 heteroatoms. The zero-order valence-corrected chi connectivity index (χ0v) is 18.4. The average Bonchev–Trinajstić information content (AvgIpc) is 3.44. The van der Waals surface area contributed by atoms with Crippen molar-refractivity contribution in [3.8, 4) is 16.2 Å². The van der Waals surface area contributed by atoms with Crippen molar-refractivity contribution in [1.29, 1.82) is 0 Å². The van der Waals surface area contributed by atoms with Gasteiger partial charge in [0, 0.05) is 29.4 Å². The van der Waals surface area contributed by atoms with Gasteiger partial charge in [0.1, 0.15) is 22.9 Å². The molecule has 0 aliphatic rings. The number of fused-ring (bicyclic) bond motifs is 1. The third-order valence-electron chi connectivity index (χ3n) is 4.80. The number of hydrogen-bond acceptors (Lipinski definition) is 6. The van der Waals surface area contributed by atoms with Gasteiger partial charge in [-0.05, 0) is 42.1 Å². The van der Waals surface area contributed by atoms with Crippen molar-refractivity contribution in [2.75, 3.05) is 20.2 Å². The summed E-state index contributed by atoms with van der Waals surface area (Å²) >= 11 is 2.99. The molecule has 0 aliphatic carbocycles. The minimum Gasteiger partial charge on any atom is -0.494 e. The average molecular weight is 458 g/mol. The summed E-state index contributed by atoms with van der Waals surface area (Å²) in [5, 5.41) is 4.45. The molecule has 0 atom stereocenters. The van der Waals surface area contributed by atoms with E-state index in [9.17, 15) is 14.0 Å². The van der Waals surface area contributed by atoms with E-state index in [0.29, 0.717) is 35.5 Å². The maximum absolute atomic E-state index is 13.0. The van der Waals surface area contributed by atoms with Crippen LogP contribution in [0.15, 0.2) is 58.3 Å². The van der Waals surface area contributed by atoms with Gasteiger partial charge in [-0.1, -0.05) is 6.07 Å². The number of aromatic nitrogens is 2. The van der Waals surface area contributed by atoms with E-state index in [1.165, 1.54) is 34.4 Å². The highest BCUT2D eigenvalue weighted by atomic mass is 32.1. The highest BCUT2D eigenvalue weighted by Gasteiger charge is 2.16. The van der Waals surface area contributed by atoms with Crippen LogP contribution in [0.5, 0.6) is 5.75 Å². The number of hydrogen-bond donors (Lipinski definition) is 0. The van der Waals surface area contributed by atoms with Gasteiger partial charge in [-0.15, -0.1) is 22.7 Å². The maximum atomic E-state index is 13.0. The second-order valence-corrected chi connectivity index (χ2v) is 8.76. The van der Waals surface area contributed by atoms with Gasteiger partial charge in [0.05, 0.1) is 18.3 Å². The van der Waals surface area contributed by atoms with Gasteiger partial charge in [0.15, 0.2) is 0 Å². The number of ether oxygens (including phenoxy) is 1. The molecule has 0 bridgehead atoms. The number of nitrogens with zero attached hydrogens (tertiary/aromatic N) is 3. The van der Waals surface area contributed by atoms with E-state index in [1.54, 1.807) is 35.4 Å². The third-order valence-corrected chi connectivity index (χ3v) is 6.59. The summed E-state index contributed by atoms with van der Waals surface area (Å²) in [5.41, 5.74) is 0.650. The van der Waals surface area contributed by atoms with E-state index in [0.717, 1.165) is 10.4 Å². The van der Waals surface area contributed by atoms with Crippen LogP contribution in [0.2, 0.25) is 0 Å². The number of carbonyl (C=O) groups is 1. The third kappa shape index (κ3) is 4.83. The van der Waals surface area contributed by atoms with E-state index in [-0.39, 0.29) is 23.8 Å². The SMILES string of the molecule is CN(CCCOc1ccc(F)cc1)C(=O)Cn1cnc2scc(-c3cccs3)c2c1=O. The molecule has 6 nitrogen and oxygen atoms in total. The summed E-state index contributed by atoms with van der Waals surface area (Å²) in [6.45, 7) is 0.802. The van der Waals surface area contributed by atoms with Crippen LogP contribution in [0.1, 0.15) is 6.42 Å². The molecule has 0 aliphatic heterocycles. The first-order chi connectivity index (χ1) is 15.0. The summed E-state index contributed by atoms with van der Waals surface area (Å²) in [5.74, 6) is 0.0853. The fraction of sp³-hybridized carbons (Fsp3) is 0.227. The Hall–Kier alpha value is -3.04. The number of benzene rings is 1. The second-order valence-electron chi connectivity index (χ2n) is 6.96. The predicted octanol–water partition coefficient (Wildman–Crippen LogP) is 4.25. The Kier molecular flexibility index (Phi) is 6.43. The lowest BCUT2D eigenvalue weighted by atomic mass is 10.2. The monoisotopic (exact) mass is 457 g/mol. The molecular weight excluding hydrogens is 437 g/mol. The van der Waals surface area contributed by atoms with Gasteiger partial charge in [-0.2, -0.15) is 0 Å². The van der Waals surface area contributed by atoms with Crippen LogP contribution >= 0.6 is 22.7 Å². The summed E-state index contributed by atoms with van der Waals surface area (Å²) in [4.78, 5) is 33.2. The topological polar surface area (TPSA) is 64.4 Å². The molecule has 0 N–H and O–H groups in total. The smallest absolute Gasteiger partial charge is 0.263 e. The van der Waals surface area contributed by atoms with Gasteiger partial charge in [-0.3, -0.25) is 14.2 Å². The van der Waals surface area contributed by atoms with Crippen molar-refractivity contribution in [2.24, 2.45) is 0 Å². The zero-order valence-electron chi connectivity index (χ0n) is 16.8. The van der Waals surface area contributed by atoms with Gasteiger partial charge in [0.2, 0.25) is 5.91 Å². The lowest BCUT2D eigenvalue weighted by molar-refractivity contribution is -0.130. The van der Waals surface area contributed by atoms with Crippen LogP contribution in [0.3, 0.4) is 0 Å². The van der Waals surface area contributed by atoms with Crippen molar-refractivity contribution in [3.05, 3.63) is 69.7 Å². The van der Waals surface area contributed by atoms with Crippen LogP contribution in [0.4, 0.5) is 4.39 Å². The first-order valence-electron chi connectivity index (χ1n) is 9.66. The number of thiophene rings is 2.